The molecule has 0 saturated heterocycles. The van der Waals surface area contributed by atoms with Crippen LogP contribution in [0.4, 0.5) is 5.69 Å². The van der Waals surface area contributed by atoms with Gasteiger partial charge in [0.1, 0.15) is 5.69 Å². The second-order valence-electron chi connectivity index (χ2n) is 5.13. The lowest BCUT2D eigenvalue weighted by Crippen LogP contribution is -2.31. The van der Waals surface area contributed by atoms with E-state index < -0.39 is 5.97 Å². The van der Waals surface area contributed by atoms with Gasteiger partial charge >= 0.3 is 5.97 Å². The van der Waals surface area contributed by atoms with Crippen LogP contribution in [0.3, 0.4) is 0 Å². The predicted octanol–water partition coefficient (Wildman–Crippen LogP) is 2.99. The number of hydrogen-bond donors (Lipinski definition) is 1. The van der Waals surface area contributed by atoms with Crippen LogP contribution < -0.4 is 4.90 Å². The summed E-state index contributed by atoms with van der Waals surface area (Å²) in [6.45, 7) is -0.306. The third kappa shape index (κ3) is 3.23. The highest BCUT2D eigenvalue weighted by atomic mass is 16.5. The molecular formula is C18H16N2O3. The van der Waals surface area contributed by atoms with Gasteiger partial charge in [0.2, 0.25) is 0 Å². The Morgan fingerprint density at radius 3 is 2.48 bits per heavy atom. The van der Waals surface area contributed by atoms with Gasteiger partial charge in [-0.05, 0) is 24.3 Å². The lowest BCUT2D eigenvalue weighted by molar-refractivity contribution is -0.121. The van der Waals surface area contributed by atoms with Crippen LogP contribution >= 0.6 is 0 Å². The zero-order chi connectivity index (χ0) is 16.2. The molecule has 0 atom stereocenters. The van der Waals surface area contributed by atoms with Gasteiger partial charge in [-0.3, -0.25) is 4.79 Å². The van der Waals surface area contributed by atoms with Crippen molar-refractivity contribution in [2.24, 2.45) is 0 Å². The van der Waals surface area contributed by atoms with Crippen molar-refractivity contribution in [3.8, 4) is 0 Å². The number of carbonyl (C=O) groups excluding carboxylic acids is 2. The Morgan fingerprint density at radius 2 is 1.74 bits per heavy atom. The highest BCUT2D eigenvalue weighted by Gasteiger charge is 2.16. The van der Waals surface area contributed by atoms with Crippen molar-refractivity contribution in [3.05, 3.63) is 66.4 Å². The van der Waals surface area contributed by atoms with E-state index in [0.717, 1.165) is 16.6 Å². The second-order valence-corrected chi connectivity index (χ2v) is 5.13. The first-order valence-electron chi connectivity index (χ1n) is 7.21. The molecule has 0 radical (unpaired) electrons. The number of rotatable bonds is 4. The Bertz CT molecular complexity index is 807. The third-order valence-electron chi connectivity index (χ3n) is 3.59. The summed E-state index contributed by atoms with van der Waals surface area (Å²) in [6.07, 6.45) is 0. The van der Waals surface area contributed by atoms with Gasteiger partial charge in [0.25, 0.3) is 5.91 Å². The van der Waals surface area contributed by atoms with Gasteiger partial charge in [-0.2, -0.15) is 0 Å². The maximum Gasteiger partial charge on any atom is 0.355 e. The molecule has 0 unspecified atom stereocenters. The Kier molecular flexibility index (Phi) is 4.10. The number of aromatic amines is 1. The molecule has 0 aliphatic heterocycles. The van der Waals surface area contributed by atoms with Gasteiger partial charge in [0.15, 0.2) is 6.61 Å². The van der Waals surface area contributed by atoms with Crippen molar-refractivity contribution < 1.29 is 14.3 Å². The molecule has 2 aromatic carbocycles. The van der Waals surface area contributed by atoms with Crippen molar-refractivity contribution in [2.45, 2.75) is 0 Å². The number of ether oxygens (including phenoxy) is 1. The van der Waals surface area contributed by atoms with E-state index in [-0.39, 0.29) is 12.5 Å². The fourth-order valence-corrected chi connectivity index (χ4v) is 2.28. The van der Waals surface area contributed by atoms with Crippen molar-refractivity contribution in [3.63, 3.8) is 0 Å². The molecule has 0 fully saturated rings. The number of fused-ring (bicyclic) bond motifs is 1. The Labute approximate surface area is 133 Å². The number of nitrogens with one attached hydrogen (secondary N) is 1. The van der Waals surface area contributed by atoms with Gasteiger partial charge in [0.05, 0.1) is 0 Å². The minimum Gasteiger partial charge on any atom is -0.451 e. The average Bonchev–Trinajstić information content (AvgIpc) is 3.03. The molecule has 5 nitrogen and oxygen atoms in total. The normalized spacial score (nSPS) is 10.5. The molecular weight excluding hydrogens is 292 g/mol. The maximum atomic E-state index is 12.1. The smallest absolute Gasteiger partial charge is 0.355 e. The molecule has 0 aliphatic carbocycles. The minimum absolute atomic E-state index is 0.291. The van der Waals surface area contributed by atoms with E-state index in [1.165, 1.54) is 4.90 Å². The second kappa shape index (κ2) is 6.36. The summed E-state index contributed by atoms with van der Waals surface area (Å²) in [5.41, 5.74) is 1.94. The van der Waals surface area contributed by atoms with E-state index in [4.69, 9.17) is 4.74 Å². The van der Waals surface area contributed by atoms with E-state index in [0.29, 0.717) is 5.69 Å². The van der Waals surface area contributed by atoms with Gasteiger partial charge in [-0.1, -0.05) is 36.4 Å². The highest BCUT2D eigenvalue weighted by Crippen LogP contribution is 2.15. The molecule has 0 saturated carbocycles. The highest BCUT2D eigenvalue weighted by molar-refractivity contribution is 5.98. The zero-order valence-corrected chi connectivity index (χ0v) is 12.7. The van der Waals surface area contributed by atoms with Crippen LogP contribution in [-0.2, 0) is 9.53 Å². The SMILES string of the molecule is CN(C(=O)COC(=O)c1cc2ccccc2[nH]1)c1ccccc1. The van der Waals surface area contributed by atoms with Gasteiger partial charge in [-0.15, -0.1) is 0 Å². The number of amides is 1. The van der Waals surface area contributed by atoms with E-state index in [1.807, 2.05) is 54.6 Å². The van der Waals surface area contributed by atoms with Crippen LogP contribution in [0.2, 0.25) is 0 Å². The van der Waals surface area contributed by atoms with E-state index >= 15 is 0 Å². The molecule has 23 heavy (non-hydrogen) atoms. The molecule has 1 N–H and O–H groups in total. The monoisotopic (exact) mass is 308 g/mol. The summed E-state index contributed by atoms with van der Waals surface area (Å²) in [7, 11) is 1.65. The molecule has 0 spiro atoms. The largest absolute Gasteiger partial charge is 0.451 e. The number of nitrogens with zero attached hydrogens (tertiary/aromatic N) is 1. The number of hydrogen-bond acceptors (Lipinski definition) is 3. The molecule has 1 aromatic heterocycles. The zero-order valence-electron chi connectivity index (χ0n) is 12.7. The molecule has 0 aliphatic rings. The number of benzene rings is 2. The lowest BCUT2D eigenvalue weighted by Gasteiger charge is -2.16. The summed E-state index contributed by atoms with van der Waals surface area (Å²) in [6, 6.07) is 18.5. The fraction of sp³-hybridized carbons (Fsp3) is 0.111. The number of aromatic nitrogens is 1. The number of esters is 1. The van der Waals surface area contributed by atoms with Crippen LogP contribution in [0.5, 0.6) is 0 Å². The van der Waals surface area contributed by atoms with Crippen molar-refractivity contribution in [2.75, 3.05) is 18.6 Å². The van der Waals surface area contributed by atoms with E-state index in [1.54, 1.807) is 13.1 Å². The summed E-state index contributed by atoms with van der Waals surface area (Å²) >= 11 is 0. The van der Waals surface area contributed by atoms with Gasteiger partial charge in [-0.25, -0.2) is 4.79 Å². The standard InChI is InChI=1S/C18H16N2O3/c1-20(14-8-3-2-4-9-14)17(21)12-23-18(22)16-11-13-7-5-6-10-15(13)19-16/h2-11,19H,12H2,1H3. The summed E-state index contributed by atoms with van der Waals surface area (Å²) in [4.78, 5) is 28.6. The third-order valence-corrected chi connectivity index (χ3v) is 3.59. The quantitative estimate of drug-likeness (QED) is 0.754. The molecule has 1 heterocycles. The Morgan fingerprint density at radius 1 is 1.04 bits per heavy atom. The molecule has 3 aromatic rings. The average molecular weight is 308 g/mol. The molecule has 1 amide bonds. The van der Waals surface area contributed by atoms with Crippen LogP contribution in [0, 0.1) is 0 Å². The topological polar surface area (TPSA) is 62.4 Å². The van der Waals surface area contributed by atoms with Crippen molar-refractivity contribution in [1.82, 2.24) is 4.98 Å². The van der Waals surface area contributed by atoms with Crippen LogP contribution in [0.25, 0.3) is 10.9 Å². The number of para-hydroxylation sites is 2. The number of H-pyrrole nitrogens is 1. The van der Waals surface area contributed by atoms with Crippen LogP contribution in [0.15, 0.2) is 60.7 Å². The van der Waals surface area contributed by atoms with E-state index in [2.05, 4.69) is 4.98 Å². The predicted molar refractivity (Wildman–Crippen MR) is 88.4 cm³/mol. The Hall–Kier alpha value is -3.08. The van der Waals surface area contributed by atoms with Crippen LogP contribution in [0.1, 0.15) is 10.5 Å². The minimum atomic E-state index is -0.545. The molecule has 3 rings (SSSR count). The van der Waals surface area contributed by atoms with E-state index in [9.17, 15) is 9.59 Å². The van der Waals surface area contributed by atoms with Crippen molar-refractivity contribution in [1.29, 1.82) is 0 Å². The summed E-state index contributed by atoms with van der Waals surface area (Å²) in [5, 5.41) is 0.923. The maximum absolute atomic E-state index is 12.1. The molecule has 116 valence electrons. The van der Waals surface area contributed by atoms with Crippen molar-refractivity contribution >= 4 is 28.5 Å². The number of anilines is 1. The van der Waals surface area contributed by atoms with Crippen LogP contribution in [-0.4, -0.2) is 30.5 Å². The van der Waals surface area contributed by atoms with Gasteiger partial charge < -0.3 is 14.6 Å². The number of carbonyl (C=O) groups is 2. The Balaban J connectivity index is 1.63. The molecule has 5 heteroatoms. The first kappa shape index (κ1) is 14.8. The first-order valence-corrected chi connectivity index (χ1v) is 7.21. The fourth-order valence-electron chi connectivity index (χ4n) is 2.28. The summed E-state index contributed by atoms with van der Waals surface area (Å²) < 4.78 is 5.10. The first-order chi connectivity index (χ1) is 11.1. The summed E-state index contributed by atoms with van der Waals surface area (Å²) in [5.74, 6) is -0.836. The molecule has 0 bridgehead atoms. The lowest BCUT2D eigenvalue weighted by atomic mass is 10.2. The number of likely N-dealkylation sites (N-methyl/N-ethyl adjacent to an activating group) is 1. The van der Waals surface area contributed by atoms with Gasteiger partial charge in [0, 0.05) is 23.6 Å².